The van der Waals surface area contributed by atoms with Crippen LogP contribution in [-0.2, 0) is 0 Å². The van der Waals surface area contributed by atoms with E-state index in [0.29, 0.717) is 22.6 Å². The van der Waals surface area contributed by atoms with Crippen molar-refractivity contribution in [2.45, 2.75) is 12.8 Å². The number of rotatable bonds is 3. The lowest BCUT2D eigenvalue weighted by molar-refractivity contribution is 0.0997. The van der Waals surface area contributed by atoms with Gasteiger partial charge in [-0.25, -0.2) is 9.97 Å². The minimum atomic E-state index is -0.514. The van der Waals surface area contributed by atoms with Gasteiger partial charge in [-0.15, -0.1) is 0 Å². The van der Waals surface area contributed by atoms with Crippen molar-refractivity contribution in [3.05, 3.63) is 58.7 Å². The molecule has 0 atom stereocenters. The fourth-order valence-electron chi connectivity index (χ4n) is 2.87. The van der Waals surface area contributed by atoms with Crippen LogP contribution >= 0.6 is 0 Å². The van der Waals surface area contributed by atoms with E-state index in [1.165, 1.54) is 6.07 Å². The summed E-state index contributed by atoms with van der Waals surface area (Å²) in [4.78, 5) is 35.1. The first-order chi connectivity index (χ1) is 12.2. The van der Waals surface area contributed by atoms with E-state index in [4.69, 9.17) is 4.42 Å². The molecule has 0 aliphatic carbocycles. The summed E-state index contributed by atoms with van der Waals surface area (Å²) in [6, 6.07) is 8.00. The highest BCUT2D eigenvalue weighted by molar-refractivity contribution is 6.02. The summed E-state index contributed by atoms with van der Waals surface area (Å²) in [5.74, 6) is 0.0976. The molecular weight excluding hydrogens is 320 g/mol. The van der Waals surface area contributed by atoms with Gasteiger partial charge in [0.25, 0.3) is 5.91 Å². The van der Waals surface area contributed by atoms with Gasteiger partial charge in [-0.1, -0.05) is 12.1 Å². The van der Waals surface area contributed by atoms with E-state index in [-0.39, 0.29) is 11.2 Å². The van der Waals surface area contributed by atoms with Crippen LogP contribution in [0.15, 0.2) is 51.9 Å². The zero-order valence-electron chi connectivity index (χ0n) is 13.4. The first kappa shape index (κ1) is 15.3. The van der Waals surface area contributed by atoms with E-state index < -0.39 is 5.91 Å². The summed E-state index contributed by atoms with van der Waals surface area (Å²) >= 11 is 0. The Morgan fingerprint density at radius 1 is 1.12 bits per heavy atom. The summed E-state index contributed by atoms with van der Waals surface area (Å²) < 4.78 is 5.52. The molecule has 4 rings (SSSR count). The number of hydrogen-bond donors (Lipinski definition) is 1. The van der Waals surface area contributed by atoms with Crippen molar-refractivity contribution in [1.82, 2.24) is 9.97 Å². The number of nitrogens with one attached hydrogen (secondary N) is 1. The SMILES string of the molecule is O=C(Nc1cnc(N2CCCC2)nc1)c1cc(=O)c2ccccc2o1. The monoisotopic (exact) mass is 336 g/mol. The van der Waals surface area contributed by atoms with Crippen LogP contribution in [0, 0.1) is 0 Å². The molecule has 1 saturated heterocycles. The van der Waals surface area contributed by atoms with Gasteiger partial charge in [-0.3, -0.25) is 9.59 Å². The highest BCUT2D eigenvalue weighted by Gasteiger charge is 2.16. The number of para-hydroxylation sites is 1. The molecule has 0 radical (unpaired) electrons. The molecule has 1 N–H and O–H groups in total. The lowest BCUT2D eigenvalue weighted by Crippen LogP contribution is -2.20. The molecule has 7 nitrogen and oxygen atoms in total. The van der Waals surface area contributed by atoms with E-state index in [2.05, 4.69) is 20.2 Å². The summed E-state index contributed by atoms with van der Waals surface area (Å²) in [7, 11) is 0. The zero-order chi connectivity index (χ0) is 17.2. The highest BCUT2D eigenvalue weighted by atomic mass is 16.3. The van der Waals surface area contributed by atoms with Crippen molar-refractivity contribution in [1.29, 1.82) is 0 Å². The number of benzene rings is 1. The fourth-order valence-corrected chi connectivity index (χ4v) is 2.87. The predicted octanol–water partition coefficient (Wildman–Crippen LogP) is 2.44. The van der Waals surface area contributed by atoms with Gasteiger partial charge in [-0.05, 0) is 25.0 Å². The summed E-state index contributed by atoms with van der Waals surface area (Å²) in [5, 5.41) is 3.09. The molecule has 0 spiro atoms. The normalized spacial score (nSPS) is 14.0. The number of hydrogen-bond acceptors (Lipinski definition) is 6. The van der Waals surface area contributed by atoms with Crippen LogP contribution in [0.4, 0.5) is 11.6 Å². The van der Waals surface area contributed by atoms with E-state index in [1.807, 2.05) is 0 Å². The smallest absolute Gasteiger partial charge is 0.291 e. The molecule has 1 aliphatic heterocycles. The van der Waals surface area contributed by atoms with Crippen LogP contribution in [0.2, 0.25) is 0 Å². The summed E-state index contributed by atoms with van der Waals surface area (Å²) in [6.45, 7) is 1.90. The van der Waals surface area contributed by atoms with Gasteiger partial charge >= 0.3 is 0 Å². The van der Waals surface area contributed by atoms with Crippen LogP contribution in [-0.4, -0.2) is 29.0 Å². The second kappa shape index (κ2) is 6.35. The molecule has 7 heteroatoms. The van der Waals surface area contributed by atoms with Crippen LogP contribution < -0.4 is 15.6 Å². The molecule has 1 fully saturated rings. The molecule has 25 heavy (non-hydrogen) atoms. The van der Waals surface area contributed by atoms with E-state index >= 15 is 0 Å². The maximum absolute atomic E-state index is 12.3. The third-order valence-corrected chi connectivity index (χ3v) is 4.14. The second-order valence-corrected chi connectivity index (χ2v) is 5.89. The standard InChI is InChI=1S/C18H16N4O3/c23-14-9-16(25-15-6-2-1-5-13(14)15)17(24)21-12-10-19-18(20-11-12)22-7-3-4-8-22/h1-2,5-6,9-11H,3-4,7-8H2,(H,21,24). The van der Waals surface area contributed by atoms with Crippen LogP contribution in [0.1, 0.15) is 23.4 Å². The second-order valence-electron chi connectivity index (χ2n) is 5.89. The highest BCUT2D eigenvalue weighted by Crippen LogP contribution is 2.17. The Morgan fingerprint density at radius 2 is 1.84 bits per heavy atom. The third-order valence-electron chi connectivity index (χ3n) is 4.14. The molecule has 2 aromatic heterocycles. The Morgan fingerprint density at radius 3 is 2.60 bits per heavy atom. The van der Waals surface area contributed by atoms with Gasteiger partial charge in [0.05, 0.1) is 23.5 Å². The Hall–Kier alpha value is -3.22. The van der Waals surface area contributed by atoms with Gasteiger partial charge < -0.3 is 14.6 Å². The summed E-state index contributed by atoms with van der Waals surface area (Å²) in [5.41, 5.74) is 0.567. The lowest BCUT2D eigenvalue weighted by atomic mass is 10.2. The number of carbonyl (C=O) groups excluding carboxylic acids is 1. The van der Waals surface area contributed by atoms with Gasteiger partial charge in [0.2, 0.25) is 5.95 Å². The first-order valence-corrected chi connectivity index (χ1v) is 8.12. The molecule has 0 unspecified atom stereocenters. The minimum absolute atomic E-state index is 0.0488. The van der Waals surface area contributed by atoms with E-state index in [1.54, 1.807) is 36.7 Å². The molecule has 3 aromatic rings. The Labute approximate surface area is 143 Å². The molecule has 1 aromatic carbocycles. The van der Waals surface area contributed by atoms with Crippen LogP contribution in [0.25, 0.3) is 11.0 Å². The average molecular weight is 336 g/mol. The molecule has 1 amide bonds. The van der Waals surface area contributed by atoms with E-state index in [9.17, 15) is 9.59 Å². The number of amides is 1. The van der Waals surface area contributed by atoms with Gasteiger partial charge in [0.1, 0.15) is 5.58 Å². The lowest BCUT2D eigenvalue weighted by Gasteiger charge is -2.14. The Kier molecular flexibility index (Phi) is 3.89. The number of nitrogens with zero attached hydrogens (tertiary/aromatic N) is 3. The van der Waals surface area contributed by atoms with Crippen molar-refractivity contribution in [3.63, 3.8) is 0 Å². The number of fused-ring (bicyclic) bond motifs is 1. The van der Waals surface area contributed by atoms with Gasteiger partial charge in [0.15, 0.2) is 11.2 Å². The number of aromatic nitrogens is 2. The zero-order valence-corrected chi connectivity index (χ0v) is 13.4. The number of anilines is 2. The van der Waals surface area contributed by atoms with Gasteiger partial charge in [0, 0.05) is 19.2 Å². The molecular formula is C18H16N4O3. The quantitative estimate of drug-likeness (QED) is 0.790. The van der Waals surface area contributed by atoms with Crippen molar-refractivity contribution in [2.24, 2.45) is 0 Å². The third kappa shape index (κ3) is 3.08. The topological polar surface area (TPSA) is 88.3 Å². The predicted molar refractivity (Wildman–Crippen MR) is 93.9 cm³/mol. The maximum atomic E-state index is 12.3. The molecule has 126 valence electrons. The van der Waals surface area contributed by atoms with Crippen molar-refractivity contribution in [3.8, 4) is 0 Å². The van der Waals surface area contributed by atoms with Crippen molar-refractivity contribution < 1.29 is 9.21 Å². The first-order valence-electron chi connectivity index (χ1n) is 8.12. The fraction of sp³-hybridized carbons (Fsp3) is 0.222. The molecule has 0 saturated carbocycles. The molecule has 0 bridgehead atoms. The molecule has 1 aliphatic rings. The maximum Gasteiger partial charge on any atom is 0.291 e. The minimum Gasteiger partial charge on any atom is -0.451 e. The van der Waals surface area contributed by atoms with Crippen LogP contribution in [0.5, 0.6) is 0 Å². The molecule has 3 heterocycles. The average Bonchev–Trinajstić information content (AvgIpc) is 3.17. The van der Waals surface area contributed by atoms with Crippen molar-refractivity contribution >= 4 is 28.5 Å². The van der Waals surface area contributed by atoms with Crippen molar-refractivity contribution in [2.75, 3.05) is 23.3 Å². The summed E-state index contributed by atoms with van der Waals surface area (Å²) in [6.07, 6.45) is 5.39. The Bertz CT molecular complexity index is 976. The van der Waals surface area contributed by atoms with Gasteiger partial charge in [-0.2, -0.15) is 0 Å². The number of carbonyl (C=O) groups is 1. The largest absolute Gasteiger partial charge is 0.451 e. The Balaban J connectivity index is 1.54. The van der Waals surface area contributed by atoms with E-state index in [0.717, 1.165) is 25.9 Å². The van der Waals surface area contributed by atoms with Crippen LogP contribution in [0.3, 0.4) is 0 Å².